The minimum Gasteiger partial charge on any atom is -0.462 e. The number of nitriles is 1. The van der Waals surface area contributed by atoms with Crippen LogP contribution in [0.25, 0.3) is 0 Å². The molecule has 1 aromatic rings. The monoisotopic (exact) mass is 325 g/mol. The van der Waals surface area contributed by atoms with Crippen molar-refractivity contribution in [3.63, 3.8) is 0 Å². The summed E-state index contributed by atoms with van der Waals surface area (Å²) in [6.07, 6.45) is -3.14. The lowest BCUT2D eigenvalue weighted by atomic mass is 10.0. The Morgan fingerprint density at radius 1 is 1.43 bits per heavy atom. The van der Waals surface area contributed by atoms with Crippen molar-refractivity contribution >= 4 is 17.7 Å². The second kappa shape index (κ2) is 6.76. The Balaban J connectivity index is 3.52. The number of nitrogens with zero attached hydrogens (tertiary/aromatic N) is 1. The molecule has 0 aliphatic carbocycles. The van der Waals surface area contributed by atoms with Crippen molar-refractivity contribution < 1.29 is 31.5 Å². The highest BCUT2D eigenvalue weighted by Crippen LogP contribution is 2.42. The van der Waals surface area contributed by atoms with E-state index >= 15 is 0 Å². The Bertz CT molecular complexity index is 580. The molecule has 1 aromatic carbocycles. The van der Waals surface area contributed by atoms with Gasteiger partial charge >= 0.3 is 11.5 Å². The summed E-state index contributed by atoms with van der Waals surface area (Å²) in [6.45, 7) is 1.33. The van der Waals surface area contributed by atoms with Crippen LogP contribution in [0.1, 0.15) is 34.8 Å². The summed E-state index contributed by atoms with van der Waals surface area (Å²) >= 11 is -0.792. The SMILES string of the molecule is CCOC(=O)c1ccc(C(F)F)c(C#N)c1SC(F)(F)F. The van der Waals surface area contributed by atoms with Gasteiger partial charge in [0.25, 0.3) is 6.43 Å². The van der Waals surface area contributed by atoms with Gasteiger partial charge in [-0.1, -0.05) is 6.07 Å². The average Bonchev–Trinajstić information content (AvgIpc) is 2.36. The number of benzene rings is 1. The third-order valence-corrected chi connectivity index (χ3v) is 3.11. The van der Waals surface area contributed by atoms with E-state index in [9.17, 15) is 26.7 Å². The van der Waals surface area contributed by atoms with Crippen molar-refractivity contribution in [1.29, 1.82) is 5.26 Å². The molecule has 0 fully saturated rings. The molecule has 0 atom stereocenters. The lowest BCUT2D eigenvalue weighted by molar-refractivity contribution is -0.0328. The Morgan fingerprint density at radius 3 is 2.48 bits per heavy atom. The lowest BCUT2D eigenvalue weighted by Gasteiger charge is -2.14. The molecule has 114 valence electrons. The molecule has 0 N–H and O–H groups in total. The fraction of sp³-hybridized carbons (Fsp3) is 0.333. The van der Waals surface area contributed by atoms with Gasteiger partial charge in [0, 0.05) is 10.5 Å². The van der Waals surface area contributed by atoms with Crippen molar-refractivity contribution in [3.8, 4) is 6.07 Å². The molecule has 0 aliphatic heterocycles. The van der Waals surface area contributed by atoms with Crippen LogP contribution >= 0.6 is 11.8 Å². The highest BCUT2D eigenvalue weighted by molar-refractivity contribution is 8.00. The second-order valence-electron chi connectivity index (χ2n) is 3.59. The highest BCUT2D eigenvalue weighted by Gasteiger charge is 2.35. The van der Waals surface area contributed by atoms with Gasteiger partial charge in [-0.25, -0.2) is 13.6 Å². The molecule has 21 heavy (non-hydrogen) atoms. The summed E-state index contributed by atoms with van der Waals surface area (Å²) in [5.41, 5.74) is -7.15. The van der Waals surface area contributed by atoms with Crippen LogP contribution in [0, 0.1) is 11.3 Å². The number of hydrogen-bond acceptors (Lipinski definition) is 4. The van der Waals surface area contributed by atoms with E-state index < -0.39 is 51.3 Å². The first-order chi connectivity index (χ1) is 9.71. The number of halogens is 5. The molecule has 3 nitrogen and oxygen atoms in total. The number of esters is 1. The molecule has 9 heteroatoms. The lowest BCUT2D eigenvalue weighted by Crippen LogP contribution is -2.11. The highest BCUT2D eigenvalue weighted by atomic mass is 32.2. The molecule has 1 rings (SSSR count). The molecule has 0 unspecified atom stereocenters. The Hall–Kier alpha value is -1.82. The third-order valence-electron chi connectivity index (χ3n) is 2.25. The van der Waals surface area contributed by atoms with Crippen LogP contribution in [0.15, 0.2) is 17.0 Å². The van der Waals surface area contributed by atoms with Crippen molar-refractivity contribution in [2.75, 3.05) is 6.61 Å². The minimum atomic E-state index is -4.84. The second-order valence-corrected chi connectivity index (χ2v) is 4.66. The first kappa shape index (κ1) is 17.2. The van der Waals surface area contributed by atoms with Gasteiger partial charge in [-0.2, -0.15) is 18.4 Å². The average molecular weight is 325 g/mol. The minimum absolute atomic E-state index is 0.104. The molecule has 0 amide bonds. The van der Waals surface area contributed by atoms with Crippen LogP contribution < -0.4 is 0 Å². The zero-order valence-electron chi connectivity index (χ0n) is 10.5. The number of rotatable bonds is 4. The molecule has 0 aromatic heterocycles. The summed E-state index contributed by atoms with van der Waals surface area (Å²) in [5, 5.41) is 8.86. The smallest absolute Gasteiger partial charge is 0.446 e. The van der Waals surface area contributed by atoms with Gasteiger partial charge in [-0.05, 0) is 24.8 Å². The van der Waals surface area contributed by atoms with Crippen molar-refractivity contribution in [3.05, 3.63) is 28.8 Å². The maximum absolute atomic E-state index is 12.8. The van der Waals surface area contributed by atoms with E-state index in [1.54, 1.807) is 0 Å². The van der Waals surface area contributed by atoms with E-state index in [2.05, 4.69) is 4.74 Å². The van der Waals surface area contributed by atoms with Crippen molar-refractivity contribution in [2.45, 2.75) is 23.8 Å². The van der Waals surface area contributed by atoms with E-state index in [0.717, 1.165) is 12.1 Å². The van der Waals surface area contributed by atoms with Crippen LogP contribution in [0.4, 0.5) is 22.0 Å². The number of thioether (sulfide) groups is 1. The Morgan fingerprint density at radius 2 is 2.05 bits per heavy atom. The maximum Gasteiger partial charge on any atom is 0.446 e. The predicted molar refractivity (Wildman–Crippen MR) is 64.0 cm³/mol. The quantitative estimate of drug-likeness (QED) is 0.471. The number of carbonyl (C=O) groups is 1. The number of carbonyl (C=O) groups excluding carboxylic acids is 1. The standard InChI is InChI=1S/C12H8F5NO2S/c1-2-20-11(19)7-4-3-6(10(13)14)8(5-18)9(7)21-12(15,16)17/h3-4,10H,2H2,1H3. The summed E-state index contributed by atoms with van der Waals surface area (Å²) in [5.74, 6) is -1.11. The van der Waals surface area contributed by atoms with Crippen LogP contribution in [0.2, 0.25) is 0 Å². The normalized spacial score (nSPS) is 11.3. The van der Waals surface area contributed by atoms with Gasteiger partial charge in [0.2, 0.25) is 0 Å². The summed E-state index contributed by atoms with van der Waals surface area (Å²) in [6, 6.07) is 2.84. The zero-order valence-corrected chi connectivity index (χ0v) is 11.3. The molecule has 0 radical (unpaired) electrons. The van der Waals surface area contributed by atoms with Gasteiger partial charge in [0.05, 0.1) is 17.7 Å². The molecule has 0 heterocycles. The molecule has 0 aliphatic rings. The van der Waals surface area contributed by atoms with Crippen LogP contribution in [0.5, 0.6) is 0 Å². The first-order valence-corrected chi connectivity index (χ1v) is 6.31. The molecular formula is C12H8F5NO2S. The summed E-state index contributed by atoms with van der Waals surface area (Å²) in [4.78, 5) is 10.7. The fourth-order valence-electron chi connectivity index (χ4n) is 1.49. The molecule has 0 bridgehead atoms. The number of ether oxygens (including phenoxy) is 1. The van der Waals surface area contributed by atoms with E-state index in [1.165, 1.54) is 13.0 Å². The van der Waals surface area contributed by atoms with Crippen LogP contribution in [-0.4, -0.2) is 18.1 Å². The maximum atomic E-state index is 12.8. The molecule has 0 spiro atoms. The Labute approximate surface area is 120 Å². The van der Waals surface area contributed by atoms with E-state index in [-0.39, 0.29) is 6.61 Å². The first-order valence-electron chi connectivity index (χ1n) is 5.49. The van der Waals surface area contributed by atoms with Gasteiger partial charge in [0.1, 0.15) is 6.07 Å². The number of alkyl halides is 5. The van der Waals surface area contributed by atoms with Crippen LogP contribution in [-0.2, 0) is 4.74 Å². The van der Waals surface area contributed by atoms with Crippen LogP contribution in [0.3, 0.4) is 0 Å². The predicted octanol–water partition coefficient (Wildman–Crippen LogP) is 4.28. The molecule has 0 saturated carbocycles. The van der Waals surface area contributed by atoms with E-state index in [1.807, 2.05) is 0 Å². The Kier molecular flexibility index (Phi) is 5.54. The third kappa shape index (κ3) is 4.32. The van der Waals surface area contributed by atoms with Gasteiger partial charge in [-0.15, -0.1) is 0 Å². The summed E-state index contributed by atoms with van der Waals surface area (Å²) in [7, 11) is 0. The van der Waals surface area contributed by atoms with Gasteiger partial charge < -0.3 is 4.74 Å². The fourth-order valence-corrected chi connectivity index (χ4v) is 2.24. The van der Waals surface area contributed by atoms with Gasteiger partial charge in [-0.3, -0.25) is 0 Å². The van der Waals surface area contributed by atoms with E-state index in [0.29, 0.717) is 0 Å². The largest absolute Gasteiger partial charge is 0.462 e. The summed E-state index contributed by atoms with van der Waals surface area (Å²) < 4.78 is 67.7. The van der Waals surface area contributed by atoms with Gasteiger partial charge in [0.15, 0.2) is 0 Å². The molecular weight excluding hydrogens is 317 g/mol. The molecule has 0 saturated heterocycles. The van der Waals surface area contributed by atoms with E-state index in [4.69, 9.17) is 5.26 Å². The zero-order chi connectivity index (χ0) is 16.2. The topological polar surface area (TPSA) is 50.1 Å². The van der Waals surface area contributed by atoms with Crippen molar-refractivity contribution in [1.82, 2.24) is 0 Å². The number of hydrogen-bond donors (Lipinski definition) is 0. The van der Waals surface area contributed by atoms with Crippen molar-refractivity contribution in [2.24, 2.45) is 0 Å².